The lowest BCUT2D eigenvalue weighted by molar-refractivity contribution is 1.42. The lowest BCUT2D eigenvalue weighted by Gasteiger charge is -2.05. The molecule has 5 aromatic rings. The van der Waals surface area contributed by atoms with Gasteiger partial charge in [-0.05, 0) is 34.9 Å². The predicted molar refractivity (Wildman–Crippen MR) is 126 cm³/mol. The summed E-state index contributed by atoms with van der Waals surface area (Å²) in [7, 11) is 0. The van der Waals surface area contributed by atoms with Gasteiger partial charge in [-0.25, -0.2) is 4.99 Å². The van der Waals surface area contributed by atoms with E-state index in [0.717, 1.165) is 22.3 Å². The average molecular weight is 391 g/mol. The van der Waals surface area contributed by atoms with Crippen molar-refractivity contribution < 1.29 is 0 Å². The summed E-state index contributed by atoms with van der Waals surface area (Å²) in [5, 5.41) is 11.0. The Labute approximate surface area is 173 Å². The maximum Gasteiger partial charge on any atom is 0.151 e. The zero-order chi connectivity index (χ0) is 19.6. The molecule has 0 atom stereocenters. The molecule has 0 spiro atoms. The normalized spacial score (nSPS) is 11.4. The van der Waals surface area contributed by atoms with Crippen molar-refractivity contribution in [2.45, 2.75) is 0 Å². The highest BCUT2D eigenvalue weighted by Crippen LogP contribution is 2.36. The monoisotopic (exact) mass is 390 g/mol. The van der Waals surface area contributed by atoms with Crippen LogP contribution in [0.2, 0.25) is 0 Å². The summed E-state index contributed by atoms with van der Waals surface area (Å²) in [5.74, 6) is 0.263. The molecule has 1 heterocycles. The van der Waals surface area contributed by atoms with Gasteiger partial charge in [0.15, 0.2) is 5.84 Å². The minimum atomic E-state index is 0.263. The third kappa shape index (κ3) is 3.48. The van der Waals surface area contributed by atoms with Crippen LogP contribution in [-0.2, 0) is 0 Å². The lowest BCUT2D eigenvalue weighted by atomic mass is 10.0. The van der Waals surface area contributed by atoms with E-state index < -0.39 is 0 Å². The number of nitrogens with one attached hydrogen (secondary N) is 1. The molecule has 0 saturated heterocycles. The SMILES string of the molecule is N=C(N=Cc1ccccc1)c1cccc(-c2ccc3c(c2)sc2ccccc23)c1. The Morgan fingerprint density at radius 1 is 0.690 bits per heavy atom. The van der Waals surface area contributed by atoms with Crippen molar-refractivity contribution in [3.05, 3.63) is 108 Å². The molecule has 3 heteroatoms. The standard InChI is InChI=1S/C26H18N2S/c27-26(28-17-18-7-2-1-3-8-18)21-10-6-9-19(15-21)20-13-14-23-22-11-4-5-12-24(22)29-25(23)16-20/h1-17,27H. The van der Waals surface area contributed by atoms with Crippen molar-refractivity contribution in [2.75, 3.05) is 0 Å². The van der Waals surface area contributed by atoms with Crippen LogP contribution < -0.4 is 0 Å². The quantitative estimate of drug-likeness (QED) is 0.250. The van der Waals surface area contributed by atoms with E-state index in [1.807, 2.05) is 59.9 Å². The molecule has 0 fully saturated rings. The molecule has 29 heavy (non-hydrogen) atoms. The number of nitrogens with zero attached hydrogens (tertiary/aromatic N) is 1. The van der Waals surface area contributed by atoms with Crippen LogP contribution in [0.3, 0.4) is 0 Å². The van der Waals surface area contributed by atoms with Crippen LogP contribution in [0.1, 0.15) is 11.1 Å². The highest BCUT2D eigenvalue weighted by atomic mass is 32.1. The fourth-order valence-corrected chi connectivity index (χ4v) is 4.65. The van der Waals surface area contributed by atoms with Gasteiger partial charge in [0.1, 0.15) is 0 Å². The van der Waals surface area contributed by atoms with E-state index >= 15 is 0 Å². The van der Waals surface area contributed by atoms with E-state index in [-0.39, 0.29) is 5.84 Å². The van der Waals surface area contributed by atoms with Crippen LogP contribution in [0.4, 0.5) is 0 Å². The van der Waals surface area contributed by atoms with Gasteiger partial charge < -0.3 is 0 Å². The molecule has 0 aliphatic rings. The number of rotatable bonds is 3. The summed E-state index contributed by atoms with van der Waals surface area (Å²) in [6.07, 6.45) is 1.73. The summed E-state index contributed by atoms with van der Waals surface area (Å²) in [5.41, 5.74) is 4.06. The van der Waals surface area contributed by atoms with Gasteiger partial charge in [-0.15, -0.1) is 11.3 Å². The summed E-state index contributed by atoms with van der Waals surface area (Å²) in [4.78, 5) is 4.34. The van der Waals surface area contributed by atoms with Crippen molar-refractivity contribution in [3.8, 4) is 11.1 Å². The highest BCUT2D eigenvalue weighted by molar-refractivity contribution is 7.25. The Hall–Kier alpha value is -3.56. The predicted octanol–water partition coefficient (Wildman–Crippen LogP) is 7.17. The van der Waals surface area contributed by atoms with Gasteiger partial charge in [0, 0.05) is 32.0 Å². The molecule has 0 aliphatic heterocycles. The van der Waals surface area contributed by atoms with Gasteiger partial charge in [-0.1, -0.05) is 78.9 Å². The van der Waals surface area contributed by atoms with Gasteiger partial charge in [-0.3, -0.25) is 5.41 Å². The second kappa shape index (κ2) is 7.46. The van der Waals surface area contributed by atoms with E-state index in [0.29, 0.717) is 0 Å². The Morgan fingerprint density at radius 3 is 2.34 bits per heavy atom. The molecule has 1 aromatic heterocycles. The Balaban J connectivity index is 1.48. The second-order valence-electron chi connectivity index (χ2n) is 6.91. The zero-order valence-corrected chi connectivity index (χ0v) is 16.5. The first-order valence-corrected chi connectivity index (χ1v) is 10.3. The summed E-state index contributed by atoms with van der Waals surface area (Å²) in [6, 6.07) is 33.1. The number of aliphatic imine (C=N–C) groups is 1. The maximum absolute atomic E-state index is 8.35. The third-order valence-corrected chi connectivity index (χ3v) is 6.12. The zero-order valence-electron chi connectivity index (χ0n) is 15.7. The molecular formula is C26H18N2S. The molecule has 138 valence electrons. The Bertz CT molecular complexity index is 1360. The Kier molecular flexibility index (Phi) is 4.51. The van der Waals surface area contributed by atoms with Crippen LogP contribution in [-0.4, -0.2) is 12.1 Å². The molecule has 0 radical (unpaired) electrons. The van der Waals surface area contributed by atoms with E-state index in [1.165, 1.54) is 20.2 Å². The number of hydrogen-bond donors (Lipinski definition) is 1. The number of benzene rings is 4. The molecule has 0 saturated carbocycles. The van der Waals surface area contributed by atoms with Gasteiger partial charge in [0.25, 0.3) is 0 Å². The van der Waals surface area contributed by atoms with Crippen molar-refractivity contribution in [1.82, 2.24) is 0 Å². The first kappa shape index (κ1) is 17.5. The first-order valence-electron chi connectivity index (χ1n) is 9.48. The summed E-state index contributed by atoms with van der Waals surface area (Å²) in [6.45, 7) is 0. The molecular weight excluding hydrogens is 372 g/mol. The summed E-state index contributed by atoms with van der Waals surface area (Å²) >= 11 is 1.82. The number of amidine groups is 1. The molecule has 4 aromatic carbocycles. The smallest absolute Gasteiger partial charge is 0.151 e. The van der Waals surface area contributed by atoms with Gasteiger partial charge in [0.2, 0.25) is 0 Å². The first-order chi connectivity index (χ1) is 14.3. The maximum atomic E-state index is 8.35. The van der Waals surface area contributed by atoms with Gasteiger partial charge >= 0.3 is 0 Å². The van der Waals surface area contributed by atoms with Crippen molar-refractivity contribution >= 4 is 43.6 Å². The largest absolute Gasteiger partial charge is 0.282 e. The lowest BCUT2D eigenvalue weighted by Crippen LogP contribution is -1.96. The molecule has 0 unspecified atom stereocenters. The molecule has 2 nitrogen and oxygen atoms in total. The van der Waals surface area contributed by atoms with E-state index in [1.54, 1.807) is 6.21 Å². The highest BCUT2D eigenvalue weighted by Gasteiger charge is 2.08. The van der Waals surface area contributed by atoms with Gasteiger partial charge in [0.05, 0.1) is 0 Å². The fourth-order valence-electron chi connectivity index (χ4n) is 3.50. The molecule has 0 aliphatic carbocycles. The molecule has 5 rings (SSSR count). The topological polar surface area (TPSA) is 36.2 Å². The number of fused-ring (bicyclic) bond motifs is 3. The van der Waals surface area contributed by atoms with Crippen LogP contribution in [0.25, 0.3) is 31.3 Å². The molecule has 1 N–H and O–H groups in total. The van der Waals surface area contributed by atoms with Crippen molar-refractivity contribution in [3.63, 3.8) is 0 Å². The minimum absolute atomic E-state index is 0.263. The van der Waals surface area contributed by atoms with E-state index in [4.69, 9.17) is 5.41 Å². The van der Waals surface area contributed by atoms with Crippen LogP contribution in [0, 0.1) is 5.41 Å². The number of hydrogen-bond acceptors (Lipinski definition) is 2. The van der Waals surface area contributed by atoms with Crippen molar-refractivity contribution in [2.24, 2.45) is 4.99 Å². The van der Waals surface area contributed by atoms with E-state index in [9.17, 15) is 0 Å². The van der Waals surface area contributed by atoms with Crippen LogP contribution in [0.5, 0.6) is 0 Å². The molecule has 0 amide bonds. The van der Waals surface area contributed by atoms with Gasteiger partial charge in [-0.2, -0.15) is 0 Å². The van der Waals surface area contributed by atoms with Crippen molar-refractivity contribution in [1.29, 1.82) is 5.41 Å². The third-order valence-electron chi connectivity index (χ3n) is 4.99. The fraction of sp³-hybridized carbons (Fsp3) is 0. The number of thiophene rings is 1. The molecule has 0 bridgehead atoms. The second-order valence-corrected chi connectivity index (χ2v) is 7.99. The minimum Gasteiger partial charge on any atom is -0.282 e. The van der Waals surface area contributed by atoms with Crippen LogP contribution >= 0.6 is 11.3 Å². The van der Waals surface area contributed by atoms with E-state index in [2.05, 4.69) is 53.5 Å². The average Bonchev–Trinajstić information content (AvgIpc) is 3.16. The van der Waals surface area contributed by atoms with Crippen LogP contribution in [0.15, 0.2) is 102 Å². The Morgan fingerprint density at radius 2 is 1.45 bits per heavy atom. The summed E-state index contributed by atoms with van der Waals surface area (Å²) < 4.78 is 2.59.